The Kier molecular flexibility index (Phi) is 4.03. The number of para-hydroxylation sites is 1. The predicted octanol–water partition coefficient (Wildman–Crippen LogP) is 3.28. The first kappa shape index (κ1) is 14.9. The van der Waals surface area contributed by atoms with Crippen LogP contribution in [0, 0.1) is 0 Å². The number of ether oxygens (including phenoxy) is 1. The highest BCUT2D eigenvalue weighted by molar-refractivity contribution is 5.93. The van der Waals surface area contributed by atoms with Crippen molar-refractivity contribution >= 4 is 5.91 Å². The van der Waals surface area contributed by atoms with Crippen LogP contribution in [0.25, 0.3) is 11.1 Å². The van der Waals surface area contributed by atoms with E-state index in [9.17, 15) is 4.79 Å². The molecule has 0 saturated heterocycles. The number of allylic oxidation sites excluding steroid dienone is 1. The third-order valence-electron chi connectivity index (χ3n) is 4.62. The number of aromatic nitrogens is 1. The largest absolute Gasteiger partial charge is 0.487 e. The van der Waals surface area contributed by atoms with Gasteiger partial charge in [-0.25, -0.2) is 0 Å². The average Bonchev–Trinajstić information content (AvgIpc) is 3.29. The predicted molar refractivity (Wildman–Crippen MR) is 92.7 cm³/mol. The van der Waals surface area contributed by atoms with Gasteiger partial charge in [-0.3, -0.25) is 9.78 Å². The molecule has 4 rings (SSSR count). The second-order valence-electron chi connectivity index (χ2n) is 6.31. The van der Waals surface area contributed by atoms with E-state index in [0.717, 1.165) is 48.1 Å². The first-order valence-corrected chi connectivity index (χ1v) is 8.47. The number of fused-ring (bicyclic) bond motifs is 1. The third kappa shape index (κ3) is 2.92. The summed E-state index contributed by atoms with van der Waals surface area (Å²) in [4.78, 5) is 16.3. The number of carbonyl (C=O) groups is 1. The van der Waals surface area contributed by atoms with E-state index in [1.54, 1.807) is 6.20 Å². The molecule has 1 aromatic heterocycles. The zero-order valence-corrected chi connectivity index (χ0v) is 13.5. The number of nitrogens with zero attached hydrogens (tertiary/aromatic N) is 1. The molecular weight excluding hydrogens is 300 g/mol. The number of carbonyl (C=O) groups excluding carboxylic acids is 1. The van der Waals surface area contributed by atoms with Crippen molar-refractivity contribution in [3.8, 4) is 16.9 Å². The van der Waals surface area contributed by atoms with Gasteiger partial charge in [0, 0.05) is 35.5 Å². The first-order chi connectivity index (χ1) is 11.8. The Morgan fingerprint density at radius 2 is 2.25 bits per heavy atom. The molecule has 1 aliphatic carbocycles. The Hall–Kier alpha value is -2.62. The van der Waals surface area contributed by atoms with Crippen LogP contribution < -0.4 is 10.1 Å². The van der Waals surface area contributed by atoms with Gasteiger partial charge >= 0.3 is 0 Å². The maximum atomic E-state index is 12.1. The fourth-order valence-corrected chi connectivity index (χ4v) is 3.40. The van der Waals surface area contributed by atoms with E-state index in [1.807, 2.05) is 24.4 Å². The van der Waals surface area contributed by atoms with Gasteiger partial charge in [0.1, 0.15) is 11.9 Å². The molecule has 2 aliphatic rings. The lowest BCUT2D eigenvalue weighted by atomic mass is 10.0. The summed E-state index contributed by atoms with van der Waals surface area (Å²) in [5.41, 5.74) is 4.22. The van der Waals surface area contributed by atoms with Crippen LogP contribution >= 0.6 is 0 Å². The van der Waals surface area contributed by atoms with Crippen molar-refractivity contribution in [2.75, 3.05) is 6.54 Å². The van der Waals surface area contributed by atoms with Gasteiger partial charge in [0.25, 0.3) is 0 Å². The molecule has 1 atom stereocenters. The van der Waals surface area contributed by atoms with E-state index >= 15 is 0 Å². The summed E-state index contributed by atoms with van der Waals surface area (Å²) in [5.74, 6) is 0.976. The lowest BCUT2D eigenvalue weighted by Gasteiger charge is -2.14. The van der Waals surface area contributed by atoms with Gasteiger partial charge in [-0.15, -0.1) is 0 Å². The highest BCUT2D eigenvalue weighted by Crippen LogP contribution is 2.38. The average molecular weight is 320 g/mol. The van der Waals surface area contributed by atoms with Gasteiger partial charge in [-0.05, 0) is 30.9 Å². The molecule has 1 amide bonds. The van der Waals surface area contributed by atoms with Crippen molar-refractivity contribution in [3.05, 3.63) is 59.9 Å². The lowest BCUT2D eigenvalue weighted by Crippen LogP contribution is -2.35. The summed E-state index contributed by atoms with van der Waals surface area (Å²) < 4.78 is 6.14. The van der Waals surface area contributed by atoms with E-state index in [0.29, 0.717) is 6.54 Å². The molecule has 1 aliphatic heterocycles. The highest BCUT2D eigenvalue weighted by Gasteiger charge is 2.26. The normalized spacial score (nSPS) is 18.7. The minimum Gasteiger partial charge on any atom is -0.487 e. The van der Waals surface area contributed by atoms with Crippen LogP contribution in [0.1, 0.15) is 24.8 Å². The Morgan fingerprint density at radius 1 is 1.29 bits per heavy atom. The number of hydrogen-bond acceptors (Lipinski definition) is 3. The lowest BCUT2D eigenvalue weighted by molar-refractivity contribution is -0.117. The molecule has 0 radical (unpaired) electrons. The van der Waals surface area contributed by atoms with Crippen molar-refractivity contribution in [1.82, 2.24) is 10.3 Å². The Bertz CT molecular complexity index is 783. The summed E-state index contributed by atoms with van der Waals surface area (Å²) in [7, 11) is 0. The zero-order valence-electron chi connectivity index (χ0n) is 13.5. The summed E-state index contributed by atoms with van der Waals surface area (Å²) in [6.45, 7) is 0.539. The molecule has 0 saturated carbocycles. The van der Waals surface area contributed by atoms with E-state index in [4.69, 9.17) is 4.74 Å². The van der Waals surface area contributed by atoms with Crippen molar-refractivity contribution in [3.63, 3.8) is 0 Å². The van der Waals surface area contributed by atoms with Crippen LogP contribution in [0.3, 0.4) is 0 Å². The molecule has 0 bridgehead atoms. The Morgan fingerprint density at radius 3 is 3.04 bits per heavy atom. The summed E-state index contributed by atoms with van der Waals surface area (Å²) >= 11 is 0. The molecule has 1 unspecified atom stereocenters. The SMILES string of the molecule is O=C(NCC1Cc2cccc(-c3cccnc3)c2O1)C1=CCCC1. The second-order valence-corrected chi connectivity index (χ2v) is 6.31. The molecule has 1 aromatic carbocycles. The van der Waals surface area contributed by atoms with Crippen molar-refractivity contribution < 1.29 is 9.53 Å². The Balaban J connectivity index is 1.45. The van der Waals surface area contributed by atoms with Crippen LogP contribution in [-0.4, -0.2) is 23.5 Å². The van der Waals surface area contributed by atoms with Gasteiger partial charge in [0.05, 0.1) is 6.54 Å². The maximum Gasteiger partial charge on any atom is 0.247 e. The number of benzene rings is 1. The topological polar surface area (TPSA) is 51.2 Å². The fraction of sp³-hybridized carbons (Fsp3) is 0.300. The first-order valence-electron chi connectivity index (χ1n) is 8.47. The number of pyridine rings is 1. The van der Waals surface area contributed by atoms with Gasteiger partial charge in [-0.1, -0.05) is 30.3 Å². The fourth-order valence-electron chi connectivity index (χ4n) is 3.40. The van der Waals surface area contributed by atoms with Gasteiger partial charge < -0.3 is 10.1 Å². The van der Waals surface area contributed by atoms with Gasteiger partial charge in [0.15, 0.2) is 0 Å². The third-order valence-corrected chi connectivity index (χ3v) is 4.62. The number of amides is 1. The summed E-state index contributed by atoms with van der Waals surface area (Å²) in [6.07, 6.45) is 9.46. The molecular formula is C20H20N2O2. The summed E-state index contributed by atoms with van der Waals surface area (Å²) in [5, 5.41) is 3.02. The van der Waals surface area contributed by atoms with Crippen molar-refractivity contribution in [2.45, 2.75) is 31.8 Å². The second kappa shape index (κ2) is 6.48. The molecule has 24 heavy (non-hydrogen) atoms. The highest BCUT2D eigenvalue weighted by atomic mass is 16.5. The van der Waals surface area contributed by atoms with Gasteiger partial charge in [0.2, 0.25) is 5.91 Å². The molecule has 2 heterocycles. The Labute approximate surface area is 141 Å². The van der Waals surface area contributed by atoms with Crippen LogP contribution in [0.4, 0.5) is 0 Å². The number of hydrogen-bond donors (Lipinski definition) is 1. The molecule has 4 nitrogen and oxygen atoms in total. The maximum absolute atomic E-state index is 12.1. The van der Waals surface area contributed by atoms with E-state index in [2.05, 4.69) is 28.5 Å². The number of nitrogens with one attached hydrogen (secondary N) is 1. The number of rotatable bonds is 4. The van der Waals surface area contributed by atoms with Crippen LogP contribution in [0.5, 0.6) is 5.75 Å². The molecule has 1 N–H and O–H groups in total. The standard InChI is InChI=1S/C20H20N2O2/c23-20(14-5-1-2-6-14)22-13-17-11-15-7-3-9-18(19(15)24-17)16-8-4-10-21-12-16/h3-5,7-10,12,17H,1-2,6,11,13H2,(H,22,23). The van der Waals surface area contributed by atoms with E-state index in [1.165, 1.54) is 5.56 Å². The van der Waals surface area contributed by atoms with Crippen LogP contribution in [0.2, 0.25) is 0 Å². The van der Waals surface area contributed by atoms with Crippen LogP contribution in [0.15, 0.2) is 54.4 Å². The van der Waals surface area contributed by atoms with Crippen LogP contribution in [-0.2, 0) is 11.2 Å². The molecule has 0 fully saturated rings. The molecule has 122 valence electrons. The molecule has 0 spiro atoms. The minimum atomic E-state index is -0.0104. The van der Waals surface area contributed by atoms with Gasteiger partial charge in [-0.2, -0.15) is 0 Å². The van der Waals surface area contributed by atoms with E-state index < -0.39 is 0 Å². The monoisotopic (exact) mass is 320 g/mol. The quantitative estimate of drug-likeness (QED) is 0.940. The smallest absolute Gasteiger partial charge is 0.247 e. The van der Waals surface area contributed by atoms with Crippen molar-refractivity contribution in [1.29, 1.82) is 0 Å². The molecule has 4 heteroatoms. The van der Waals surface area contributed by atoms with E-state index in [-0.39, 0.29) is 12.0 Å². The van der Waals surface area contributed by atoms with Crippen molar-refractivity contribution in [2.24, 2.45) is 0 Å². The minimum absolute atomic E-state index is 0.0104. The summed E-state index contributed by atoms with van der Waals surface area (Å²) in [6, 6.07) is 10.2. The zero-order chi connectivity index (χ0) is 16.4. The molecule has 2 aromatic rings.